The van der Waals surface area contributed by atoms with E-state index in [1.165, 1.54) is 16.6 Å². The zero-order valence-electron chi connectivity index (χ0n) is 14.9. The first kappa shape index (κ1) is 18.9. The van der Waals surface area contributed by atoms with Crippen LogP contribution in [0.4, 0.5) is 11.5 Å². The molecule has 0 fully saturated rings. The van der Waals surface area contributed by atoms with Crippen LogP contribution in [0.1, 0.15) is 21.6 Å². The van der Waals surface area contributed by atoms with Gasteiger partial charge < -0.3 is 11.1 Å². The van der Waals surface area contributed by atoms with Gasteiger partial charge in [-0.05, 0) is 50.5 Å². The molecule has 2 aromatic heterocycles. The van der Waals surface area contributed by atoms with Crippen molar-refractivity contribution in [1.82, 2.24) is 9.97 Å². The van der Waals surface area contributed by atoms with Crippen LogP contribution >= 0.6 is 34.7 Å². The van der Waals surface area contributed by atoms with E-state index < -0.39 is 0 Å². The Balaban J connectivity index is 1.73. The first-order chi connectivity index (χ1) is 12.3. The Labute approximate surface area is 165 Å². The van der Waals surface area contributed by atoms with E-state index in [0.29, 0.717) is 21.7 Å². The molecule has 0 aliphatic rings. The standard InChI is InChI=1S/C18H19ClN4OS2/c1-8-5-9(2)15(12(19)6-8)21-13(24)7-25-18-22-16(20)14-10(3)11(4)26-17(14)23-18/h5-6H,7H2,1-4H3,(H,21,24)(H2,20,22,23). The summed E-state index contributed by atoms with van der Waals surface area (Å²) in [5, 5.41) is 4.80. The summed E-state index contributed by atoms with van der Waals surface area (Å²) in [6.07, 6.45) is 0. The number of aromatic nitrogens is 2. The third kappa shape index (κ3) is 3.79. The molecule has 0 unspecified atom stereocenters. The molecule has 5 nitrogen and oxygen atoms in total. The van der Waals surface area contributed by atoms with E-state index in [0.717, 1.165) is 26.9 Å². The lowest BCUT2D eigenvalue weighted by atomic mass is 10.1. The molecule has 0 radical (unpaired) electrons. The number of thiophene rings is 1. The van der Waals surface area contributed by atoms with E-state index in [2.05, 4.69) is 15.3 Å². The number of carbonyl (C=O) groups excluding carboxylic acids is 1. The number of nitrogens with one attached hydrogen (secondary N) is 1. The Hall–Kier alpha value is -1.83. The van der Waals surface area contributed by atoms with E-state index in [-0.39, 0.29) is 11.7 Å². The number of hydrogen-bond acceptors (Lipinski definition) is 6. The fraction of sp³-hybridized carbons (Fsp3) is 0.278. The molecule has 3 rings (SSSR count). The molecule has 3 N–H and O–H groups in total. The molecule has 8 heteroatoms. The van der Waals surface area contributed by atoms with Gasteiger partial charge in [0, 0.05) is 4.88 Å². The number of rotatable bonds is 4. The minimum atomic E-state index is -0.162. The highest BCUT2D eigenvalue weighted by atomic mass is 35.5. The van der Waals surface area contributed by atoms with Crippen LogP contribution in [0.5, 0.6) is 0 Å². The molecule has 0 saturated carbocycles. The van der Waals surface area contributed by atoms with Gasteiger partial charge in [-0.3, -0.25) is 4.79 Å². The van der Waals surface area contributed by atoms with Crippen molar-refractivity contribution in [1.29, 1.82) is 0 Å². The van der Waals surface area contributed by atoms with Crippen molar-refractivity contribution in [3.8, 4) is 0 Å². The number of fused-ring (bicyclic) bond motifs is 1. The number of nitrogen functional groups attached to an aromatic ring is 1. The number of halogens is 1. The van der Waals surface area contributed by atoms with Crippen molar-refractivity contribution in [3.63, 3.8) is 0 Å². The summed E-state index contributed by atoms with van der Waals surface area (Å²) < 4.78 is 0. The molecule has 2 heterocycles. The molecule has 26 heavy (non-hydrogen) atoms. The molecule has 0 saturated heterocycles. The van der Waals surface area contributed by atoms with E-state index in [4.69, 9.17) is 17.3 Å². The lowest BCUT2D eigenvalue weighted by Crippen LogP contribution is -2.15. The van der Waals surface area contributed by atoms with Crippen LogP contribution in [0.15, 0.2) is 17.3 Å². The minimum Gasteiger partial charge on any atom is -0.383 e. The van der Waals surface area contributed by atoms with Gasteiger partial charge >= 0.3 is 0 Å². The van der Waals surface area contributed by atoms with Crippen LogP contribution in [-0.2, 0) is 4.79 Å². The SMILES string of the molecule is Cc1cc(C)c(NC(=O)CSc2nc(N)c3c(C)c(C)sc3n2)c(Cl)c1. The number of carbonyl (C=O) groups is 1. The first-order valence-corrected chi connectivity index (χ1v) is 10.2. The summed E-state index contributed by atoms with van der Waals surface area (Å²) >= 11 is 9.08. The van der Waals surface area contributed by atoms with Gasteiger partial charge in [0.25, 0.3) is 0 Å². The molecule has 0 atom stereocenters. The van der Waals surface area contributed by atoms with E-state index in [9.17, 15) is 4.79 Å². The quantitative estimate of drug-likeness (QED) is 0.476. The Bertz CT molecular complexity index is 993. The molecule has 0 aliphatic heterocycles. The van der Waals surface area contributed by atoms with Gasteiger partial charge in [0.2, 0.25) is 5.91 Å². The number of aryl methyl sites for hydroxylation is 4. The number of nitrogens with zero attached hydrogens (tertiary/aromatic N) is 2. The summed E-state index contributed by atoms with van der Waals surface area (Å²) in [5.74, 6) is 0.472. The Morgan fingerprint density at radius 1 is 1.27 bits per heavy atom. The highest BCUT2D eigenvalue weighted by Gasteiger charge is 2.15. The van der Waals surface area contributed by atoms with Crippen molar-refractivity contribution < 1.29 is 4.79 Å². The van der Waals surface area contributed by atoms with Gasteiger partial charge in [-0.1, -0.05) is 29.4 Å². The van der Waals surface area contributed by atoms with Crippen molar-refractivity contribution in [2.45, 2.75) is 32.9 Å². The number of nitrogens with two attached hydrogens (primary N) is 1. The summed E-state index contributed by atoms with van der Waals surface area (Å²) in [5.41, 5.74) is 9.82. The molecule has 0 spiro atoms. The van der Waals surface area contributed by atoms with Crippen molar-refractivity contribution in [2.75, 3.05) is 16.8 Å². The van der Waals surface area contributed by atoms with Crippen LogP contribution in [0.3, 0.4) is 0 Å². The average molecular weight is 407 g/mol. The summed E-state index contributed by atoms with van der Waals surface area (Å²) in [7, 11) is 0. The summed E-state index contributed by atoms with van der Waals surface area (Å²) in [4.78, 5) is 23.2. The second-order valence-corrected chi connectivity index (χ2v) is 8.68. The molecule has 3 aromatic rings. The number of thioether (sulfide) groups is 1. The zero-order chi connectivity index (χ0) is 19.0. The largest absolute Gasteiger partial charge is 0.383 e. The highest BCUT2D eigenvalue weighted by molar-refractivity contribution is 7.99. The maximum absolute atomic E-state index is 12.3. The predicted molar refractivity (Wildman–Crippen MR) is 112 cm³/mol. The summed E-state index contributed by atoms with van der Waals surface area (Å²) in [6.45, 7) is 7.93. The van der Waals surface area contributed by atoms with Crippen LogP contribution in [0.25, 0.3) is 10.2 Å². The van der Waals surface area contributed by atoms with Crippen molar-refractivity contribution in [2.24, 2.45) is 0 Å². The highest BCUT2D eigenvalue weighted by Crippen LogP contribution is 2.33. The smallest absolute Gasteiger partial charge is 0.234 e. The Morgan fingerprint density at radius 3 is 2.69 bits per heavy atom. The first-order valence-electron chi connectivity index (χ1n) is 7.99. The number of benzene rings is 1. The molecular weight excluding hydrogens is 388 g/mol. The maximum Gasteiger partial charge on any atom is 0.234 e. The average Bonchev–Trinajstić information content (AvgIpc) is 2.83. The molecule has 1 aromatic carbocycles. The second-order valence-electron chi connectivity index (χ2n) is 6.13. The minimum absolute atomic E-state index is 0.162. The van der Waals surface area contributed by atoms with Gasteiger partial charge in [-0.15, -0.1) is 11.3 Å². The predicted octanol–water partition coefficient (Wildman–Crippen LogP) is 4.89. The van der Waals surface area contributed by atoms with Gasteiger partial charge in [0.05, 0.1) is 21.8 Å². The lowest BCUT2D eigenvalue weighted by Gasteiger charge is -2.11. The third-order valence-corrected chi connectivity index (χ3v) is 6.31. The van der Waals surface area contributed by atoms with Crippen molar-refractivity contribution in [3.05, 3.63) is 38.7 Å². The number of amides is 1. The topological polar surface area (TPSA) is 80.9 Å². The Morgan fingerprint density at radius 2 is 2.00 bits per heavy atom. The molecular formula is C18H19ClN4OS2. The number of anilines is 2. The van der Waals surface area contributed by atoms with Crippen LogP contribution in [-0.4, -0.2) is 21.6 Å². The maximum atomic E-state index is 12.3. The fourth-order valence-corrected chi connectivity index (χ4v) is 4.82. The van der Waals surface area contributed by atoms with E-state index >= 15 is 0 Å². The van der Waals surface area contributed by atoms with Crippen LogP contribution in [0, 0.1) is 27.7 Å². The van der Waals surface area contributed by atoms with Gasteiger partial charge in [0.1, 0.15) is 10.6 Å². The van der Waals surface area contributed by atoms with Gasteiger partial charge in [0.15, 0.2) is 5.16 Å². The van der Waals surface area contributed by atoms with Gasteiger partial charge in [-0.2, -0.15) is 0 Å². The molecule has 1 amide bonds. The normalized spacial score (nSPS) is 11.1. The molecule has 0 bridgehead atoms. The van der Waals surface area contributed by atoms with E-state index in [1.807, 2.05) is 39.8 Å². The van der Waals surface area contributed by atoms with Gasteiger partial charge in [-0.25, -0.2) is 9.97 Å². The van der Waals surface area contributed by atoms with Crippen LogP contribution in [0.2, 0.25) is 5.02 Å². The summed E-state index contributed by atoms with van der Waals surface area (Å²) in [6, 6.07) is 3.81. The zero-order valence-corrected chi connectivity index (χ0v) is 17.3. The van der Waals surface area contributed by atoms with Crippen molar-refractivity contribution >= 4 is 62.3 Å². The molecule has 136 valence electrons. The fourth-order valence-electron chi connectivity index (χ4n) is 2.70. The Kier molecular flexibility index (Phi) is 5.41. The molecule has 0 aliphatic carbocycles. The number of hydrogen-bond donors (Lipinski definition) is 2. The second kappa shape index (κ2) is 7.42. The van der Waals surface area contributed by atoms with E-state index in [1.54, 1.807) is 11.3 Å². The van der Waals surface area contributed by atoms with Crippen LogP contribution < -0.4 is 11.1 Å². The third-order valence-electron chi connectivity index (χ3n) is 4.06. The lowest BCUT2D eigenvalue weighted by molar-refractivity contribution is -0.113. The monoisotopic (exact) mass is 406 g/mol.